The average Bonchev–Trinajstić information content (AvgIpc) is 3.26. The van der Waals surface area contributed by atoms with Gasteiger partial charge in [-0.15, -0.1) is 24.0 Å². The van der Waals surface area contributed by atoms with E-state index in [0.29, 0.717) is 31.9 Å². The first kappa shape index (κ1) is 25.1. The van der Waals surface area contributed by atoms with Gasteiger partial charge in [0.05, 0.1) is 18.3 Å². The quantitative estimate of drug-likeness (QED) is 0.272. The number of hydrogen-bond donors (Lipinski definition) is 1. The second-order valence-corrected chi connectivity index (χ2v) is 7.77. The number of aliphatic imine (C=N–C) groups is 1. The molecule has 2 heterocycles. The van der Waals surface area contributed by atoms with E-state index in [2.05, 4.69) is 20.2 Å². The zero-order valence-corrected chi connectivity index (χ0v) is 20.8. The molecule has 176 valence electrons. The Morgan fingerprint density at radius 2 is 1.76 bits per heavy atom. The number of nitrogens with one attached hydrogen (secondary N) is 1. The van der Waals surface area contributed by atoms with Gasteiger partial charge < -0.3 is 19.4 Å². The minimum absolute atomic E-state index is 0. The lowest BCUT2D eigenvalue weighted by molar-refractivity contribution is -0.0604. The van der Waals surface area contributed by atoms with Crippen molar-refractivity contribution in [2.45, 2.75) is 25.6 Å². The van der Waals surface area contributed by atoms with Gasteiger partial charge in [-0.3, -0.25) is 4.99 Å². The zero-order valence-electron chi connectivity index (χ0n) is 18.5. The smallest absolute Gasteiger partial charge is 0.226 e. The molecule has 1 aromatic heterocycles. The van der Waals surface area contributed by atoms with Crippen LogP contribution >= 0.6 is 24.0 Å². The Kier molecular flexibility index (Phi) is 8.79. The number of hydrogen-bond acceptors (Lipinski definition) is 4. The van der Waals surface area contributed by atoms with Crippen LogP contribution in [0, 0.1) is 11.6 Å². The van der Waals surface area contributed by atoms with Crippen molar-refractivity contribution in [3.63, 3.8) is 0 Å². The van der Waals surface area contributed by atoms with Gasteiger partial charge in [0.2, 0.25) is 5.89 Å². The van der Waals surface area contributed by atoms with Gasteiger partial charge in [-0.25, -0.2) is 13.8 Å². The van der Waals surface area contributed by atoms with E-state index in [9.17, 15) is 8.78 Å². The first-order valence-electron chi connectivity index (χ1n) is 10.6. The van der Waals surface area contributed by atoms with Crippen LogP contribution in [0.1, 0.15) is 24.3 Å². The van der Waals surface area contributed by atoms with Crippen molar-refractivity contribution >= 4 is 29.9 Å². The lowest BCUT2D eigenvalue weighted by Gasteiger charge is -2.38. The molecule has 9 heteroatoms. The molecule has 3 aromatic rings. The predicted octanol–water partition coefficient (Wildman–Crippen LogP) is 4.82. The Balaban J connectivity index is 0.00000306. The van der Waals surface area contributed by atoms with Gasteiger partial charge in [-0.05, 0) is 48.9 Å². The highest BCUT2D eigenvalue weighted by Gasteiger charge is 2.28. The molecule has 1 aliphatic heterocycles. The molecule has 0 aliphatic carbocycles. The summed E-state index contributed by atoms with van der Waals surface area (Å²) < 4.78 is 38.0. The number of nitrogens with zero attached hydrogens (tertiary/aromatic N) is 3. The third-order valence-electron chi connectivity index (χ3n) is 5.32. The van der Waals surface area contributed by atoms with Crippen LogP contribution in [0.15, 0.2) is 64.2 Å². The van der Waals surface area contributed by atoms with Gasteiger partial charge in [-0.2, -0.15) is 0 Å². The molecule has 1 saturated heterocycles. The molecule has 33 heavy (non-hydrogen) atoms. The maximum Gasteiger partial charge on any atom is 0.226 e. The minimum Gasteiger partial charge on any atom is -0.444 e. The number of guanidine groups is 1. The standard InChI is InChI=1S/C24H26F2N4O2.HI/c1-16-13-30(14-22(32-16)17-3-7-19(25)8-4-17)24(27-2)28-12-11-21-15-31-23(29-21)18-5-9-20(26)10-6-18;/h3-10,15-16,22H,11-14H2,1-2H3,(H,27,28);1H. The summed E-state index contributed by atoms with van der Waals surface area (Å²) in [7, 11) is 1.75. The highest BCUT2D eigenvalue weighted by atomic mass is 127. The molecule has 0 saturated carbocycles. The molecule has 1 N–H and O–H groups in total. The minimum atomic E-state index is -0.296. The molecule has 2 unspecified atom stereocenters. The van der Waals surface area contributed by atoms with Crippen molar-refractivity contribution < 1.29 is 17.9 Å². The number of benzene rings is 2. The fraction of sp³-hybridized carbons (Fsp3) is 0.333. The molecule has 6 nitrogen and oxygen atoms in total. The second kappa shape index (κ2) is 11.6. The number of halogens is 3. The SMILES string of the molecule is CN=C(NCCc1coc(-c2ccc(F)cc2)n1)N1CC(C)OC(c2ccc(F)cc2)C1.I. The van der Waals surface area contributed by atoms with Crippen molar-refractivity contribution in [2.75, 3.05) is 26.7 Å². The molecule has 4 rings (SSSR count). The lowest BCUT2D eigenvalue weighted by Crippen LogP contribution is -2.51. The third kappa shape index (κ3) is 6.50. The van der Waals surface area contributed by atoms with E-state index in [1.54, 1.807) is 37.6 Å². The molecular formula is C24H27F2IN4O2. The van der Waals surface area contributed by atoms with Gasteiger partial charge in [-0.1, -0.05) is 12.1 Å². The molecule has 0 amide bonds. The van der Waals surface area contributed by atoms with Crippen molar-refractivity contribution in [3.8, 4) is 11.5 Å². The highest BCUT2D eigenvalue weighted by molar-refractivity contribution is 14.0. The third-order valence-corrected chi connectivity index (χ3v) is 5.32. The van der Waals surface area contributed by atoms with Gasteiger partial charge in [0.1, 0.15) is 24.0 Å². The average molecular weight is 568 g/mol. The first-order valence-corrected chi connectivity index (χ1v) is 10.6. The van der Waals surface area contributed by atoms with E-state index in [4.69, 9.17) is 9.15 Å². The Hall–Kier alpha value is -2.53. The van der Waals surface area contributed by atoms with E-state index >= 15 is 0 Å². The number of morpholine rings is 1. The first-order chi connectivity index (χ1) is 15.5. The summed E-state index contributed by atoms with van der Waals surface area (Å²) in [6.07, 6.45) is 2.10. The van der Waals surface area contributed by atoms with Crippen LogP contribution in [-0.2, 0) is 11.2 Å². The number of ether oxygens (including phenoxy) is 1. The number of oxazole rings is 1. The highest BCUT2D eigenvalue weighted by Crippen LogP contribution is 2.25. The molecule has 0 bridgehead atoms. The summed E-state index contributed by atoms with van der Waals surface area (Å²) in [4.78, 5) is 11.0. The van der Waals surface area contributed by atoms with Crippen molar-refractivity contribution in [3.05, 3.63) is 77.7 Å². The van der Waals surface area contributed by atoms with Crippen LogP contribution < -0.4 is 5.32 Å². The van der Waals surface area contributed by atoms with Crippen LogP contribution in [0.25, 0.3) is 11.5 Å². The van der Waals surface area contributed by atoms with E-state index < -0.39 is 0 Å². The Labute approximate surface area is 209 Å². The number of aromatic nitrogens is 1. The fourth-order valence-corrected chi connectivity index (χ4v) is 3.77. The maximum atomic E-state index is 13.3. The van der Waals surface area contributed by atoms with Crippen molar-refractivity contribution in [1.82, 2.24) is 15.2 Å². The largest absolute Gasteiger partial charge is 0.444 e. The Bertz CT molecular complexity index is 1060. The summed E-state index contributed by atoms with van der Waals surface area (Å²) in [5.41, 5.74) is 2.47. The monoisotopic (exact) mass is 568 g/mol. The lowest BCUT2D eigenvalue weighted by atomic mass is 10.1. The maximum absolute atomic E-state index is 13.3. The van der Waals surface area contributed by atoms with E-state index in [0.717, 1.165) is 22.8 Å². The summed E-state index contributed by atoms with van der Waals surface area (Å²) in [5.74, 6) is 0.681. The Morgan fingerprint density at radius 3 is 2.42 bits per heavy atom. The summed E-state index contributed by atoms with van der Waals surface area (Å²) in [6.45, 7) is 3.96. The van der Waals surface area contributed by atoms with Crippen LogP contribution in [0.5, 0.6) is 0 Å². The van der Waals surface area contributed by atoms with Crippen molar-refractivity contribution in [1.29, 1.82) is 0 Å². The summed E-state index contributed by atoms with van der Waals surface area (Å²) in [6, 6.07) is 12.5. The topological polar surface area (TPSA) is 62.9 Å². The van der Waals surface area contributed by atoms with Gasteiger partial charge >= 0.3 is 0 Å². The van der Waals surface area contributed by atoms with Gasteiger partial charge in [0, 0.05) is 32.1 Å². The van der Waals surface area contributed by atoms with Crippen LogP contribution in [0.3, 0.4) is 0 Å². The molecular weight excluding hydrogens is 541 g/mol. The summed E-state index contributed by atoms with van der Waals surface area (Å²) in [5, 5.41) is 3.37. The molecule has 0 spiro atoms. The number of rotatable bonds is 5. The van der Waals surface area contributed by atoms with Crippen LogP contribution in [-0.4, -0.2) is 48.6 Å². The van der Waals surface area contributed by atoms with Crippen LogP contribution in [0.4, 0.5) is 8.78 Å². The van der Waals surface area contributed by atoms with Gasteiger partial charge in [0.15, 0.2) is 5.96 Å². The molecule has 1 fully saturated rings. The van der Waals surface area contributed by atoms with E-state index in [1.807, 2.05) is 6.92 Å². The molecule has 2 atom stereocenters. The summed E-state index contributed by atoms with van der Waals surface area (Å²) >= 11 is 0. The molecule has 2 aromatic carbocycles. The fourth-order valence-electron chi connectivity index (χ4n) is 3.77. The zero-order chi connectivity index (χ0) is 22.5. The van der Waals surface area contributed by atoms with Crippen LogP contribution in [0.2, 0.25) is 0 Å². The Morgan fingerprint density at radius 1 is 1.09 bits per heavy atom. The second-order valence-electron chi connectivity index (χ2n) is 7.77. The van der Waals surface area contributed by atoms with Crippen molar-refractivity contribution in [2.24, 2.45) is 4.99 Å². The molecule has 0 radical (unpaired) electrons. The van der Waals surface area contributed by atoms with Gasteiger partial charge in [0.25, 0.3) is 0 Å². The van der Waals surface area contributed by atoms with E-state index in [-0.39, 0.29) is 47.8 Å². The molecule has 1 aliphatic rings. The normalized spacial score (nSPS) is 18.7. The van der Waals surface area contributed by atoms with E-state index in [1.165, 1.54) is 24.3 Å². The predicted molar refractivity (Wildman–Crippen MR) is 134 cm³/mol.